The molecule has 0 saturated carbocycles. The Balaban J connectivity index is 2.37. The van der Waals surface area contributed by atoms with Crippen LogP contribution in [0.15, 0.2) is 23.2 Å². The summed E-state index contributed by atoms with van der Waals surface area (Å²) < 4.78 is 5.40. The van der Waals surface area contributed by atoms with Crippen molar-refractivity contribution in [1.82, 2.24) is 4.90 Å². The van der Waals surface area contributed by atoms with Gasteiger partial charge in [-0.05, 0) is 18.6 Å². The number of benzene rings is 1. The number of nitrogens with two attached hydrogens (primary N) is 1. The highest BCUT2D eigenvalue weighted by Gasteiger charge is 2.30. The number of guanidine groups is 1. The van der Waals surface area contributed by atoms with E-state index in [0.29, 0.717) is 17.5 Å². The Labute approximate surface area is 112 Å². The average Bonchev–Trinajstić information content (AvgIpc) is 2.71. The van der Waals surface area contributed by atoms with Gasteiger partial charge in [-0.25, -0.2) is 0 Å². The summed E-state index contributed by atoms with van der Waals surface area (Å²) in [5.74, 6) is 1.38. The van der Waals surface area contributed by atoms with E-state index in [-0.39, 0.29) is 6.04 Å². The predicted octanol–water partition coefficient (Wildman–Crippen LogP) is 2.43. The van der Waals surface area contributed by atoms with Crippen molar-refractivity contribution in [3.63, 3.8) is 0 Å². The highest BCUT2D eigenvalue weighted by molar-refractivity contribution is 6.31. The van der Waals surface area contributed by atoms with Crippen LogP contribution in [-0.2, 0) is 0 Å². The zero-order valence-electron chi connectivity index (χ0n) is 10.7. The molecule has 0 bridgehead atoms. The molecule has 2 N–H and O–H groups in total. The second kappa shape index (κ2) is 5.48. The minimum atomic E-state index is 0.0774. The van der Waals surface area contributed by atoms with E-state index in [9.17, 15) is 0 Å². The van der Waals surface area contributed by atoms with Gasteiger partial charge in [-0.3, -0.25) is 4.99 Å². The molecular weight excluding hydrogens is 250 g/mol. The van der Waals surface area contributed by atoms with Crippen molar-refractivity contribution in [1.29, 1.82) is 0 Å². The highest BCUT2D eigenvalue weighted by atomic mass is 35.5. The zero-order chi connectivity index (χ0) is 13.1. The number of ether oxygens (including phenoxy) is 1. The van der Waals surface area contributed by atoms with E-state index in [0.717, 1.165) is 24.3 Å². The van der Waals surface area contributed by atoms with Crippen molar-refractivity contribution in [2.75, 3.05) is 20.2 Å². The third kappa shape index (κ3) is 2.25. The van der Waals surface area contributed by atoms with E-state index < -0.39 is 0 Å². The first-order valence-corrected chi connectivity index (χ1v) is 6.45. The van der Waals surface area contributed by atoms with Gasteiger partial charge in [0.05, 0.1) is 19.7 Å². The molecule has 2 rings (SSSR count). The van der Waals surface area contributed by atoms with Crippen LogP contribution in [0.3, 0.4) is 0 Å². The van der Waals surface area contributed by atoms with Crippen LogP contribution < -0.4 is 10.5 Å². The summed E-state index contributed by atoms with van der Waals surface area (Å²) in [5, 5.41) is 0.699. The summed E-state index contributed by atoms with van der Waals surface area (Å²) in [5.41, 5.74) is 6.90. The van der Waals surface area contributed by atoms with Gasteiger partial charge in [-0.2, -0.15) is 0 Å². The number of aliphatic imine (C=N–C) groups is 1. The third-order valence-corrected chi connectivity index (χ3v) is 3.46. The smallest absolute Gasteiger partial charge is 0.191 e. The molecule has 1 aliphatic heterocycles. The average molecular weight is 268 g/mol. The van der Waals surface area contributed by atoms with Crippen LogP contribution in [0.4, 0.5) is 0 Å². The molecule has 4 nitrogen and oxygen atoms in total. The van der Waals surface area contributed by atoms with Gasteiger partial charge < -0.3 is 15.4 Å². The molecule has 0 fully saturated rings. The Morgan fingerprint density at radius 1 is 1.56 bits per heavy atom. The van der Waals surface area contributed by atoms with E-state index in [1.54, 1.807) is 7.11 Å². The van der Waals surface area contributed by atoms with Crippen LogP contribution in [0.5, 0.6) is 5.75 Å². The van der Waals surface area contributed by atoms with Crippen molar-refractivity contribution in [2.45, 2.75) is 19.4 Å². The molecule has 0 saturated heterocycles. The van der Waals surface area contributed by atoms with Gasteiger partial charge in [0.25, 0.3) is 0 Å². The van der Waals surface area contributed by atoms with Gasteiger partial charge in [-0.15, -0.1) is 0 Å². The van der Waals surface area contributed by atoms with Crippen molar-refractivity contribution in [3.05, 3.63) is 28.8 Å². The number of nitrogens with zero attached hydrogens (tertiary/aromatic N) is 2. The topological polar surface area (TPSA) is 50.8 Å². The van der Waals surface area contributed by atoms with Gasteiger partial charge in [-0.1, -0.05) is 24.6 Å². The molecule has 0 amide bonds. The fraction of sp³-hybridized carbons (Fsp3) is 0.462. The molecule has 0 radical (unpaired) electrons. The molecule has 1 atom stereocenters. The summed E-state index contributed by atoms with van der Waals surface area (Å²) in [4.78, 5) is 6.40. The Bertz CT molecular complexity index is 462. The lowest BCUT2D eigenvalue weighted by molar-refractivity contribution is 0.331. The Morgan fingerprint density at radius 2 is 2.33 bits per heavy atom. The second-order valence-electron chi connectivity index (χ2n) is 4.26. The highest BCUT2D eigenvalue weighted by Crippen LogP contribution is 2.37. The molecule has 1 aliphatic rings. The maximum absolute atomic E-state index is 6.30. The quantitative estimate of drug-likeness (QED) is 0.912. The maximum Gasteiger partial charge on any atom is 0.191 e. The first-order valence-electron chi connectivity index (χ1n) is 6.08. The normalized spacial score (nSPS) is 18.9. The Morgan fingerprint density at radius 3 is 3.00 bits per heavy atom. The number of halogens is 1. The molecule has 0 aromatic heterocycles. The van der Waals surface area contributed by atoms with E-state index in [4.69, 9.17) is 22.1 Å². The lowest BCUT2D eigenvalue weighted by Gasteiger charge is -2.27. The second-order valence-corrected chi connectivity index (χ2v) is 4.67. The van der Waals surface area contributed by atoms with Crippen molar-refractivity contribution >= 4 is 17.6 Å². The molecule has 1 heterocycles. The fourth-order valence-corrected chi connectivity index (χ4v) is 2.60. The van der Waals surface area contributed by atoms with Crippen LogP contribution >= 0.6 is 11.6 Å². The SMILES string of the molecule is CCCN1C(N)=NCC1c1c(Cl)cccc1OC. The zero-order valence-corrected chi connectivity index (χ0v) is 11.4. The third-order valence-electron chi connectivity index (χ3n) is 3.13. The van der Waals surface area contributed by atoms with Crippen molar-refractivity contribution in [2.24, 2.45) is 10.7 Å². The van der Waals surface area contributed by atoms with Gasteiger partial charge in [0, 0.05) is 17.1 Å². The first kappa shape index (κ1) is 13.0. The van der Waals surface area contributed by atoms with Gasteiger partial charge in [0.2, 0.25) is 0 Å². The summed E-state index contributed by atoms with van der Waals surface area (Å²) in [6.07, 6.45) is 1.01. The van der Waals surface area contributed by atoms with Gasteiger partial charge >= 0.3 is 0 Å². The molecule has 1 aromatic carbocycles. The summed E-state index contributed by atoms with van der Waals surface area (Å²) in [6, 6.07) is 5.75. The van der Waals surface area contributed by atoms with Crippen LogP contribution in [0.1, 0.15) is 24.9 Å². The monoisotopic (exact) mass is 267 g/mol. The van der Waals surface area contributed by atoms with E-state index >= 15 is 0 Å². The Hall–Kier alpha value is -1.42. The van der Waals surface area contributed by atoms with Gasteiger partial charge in [0.1, 0.15) is 5.75 Å². The van der Waals surface area contributed by atoms with E-state index in [1.165, 1.54) is 0 Å². The minimum absolute atomic E-state index is 0.0774. The molecule has 5 heteroatoms. The molecule has 0 spiro atoms. The Kier molecular flexibility index (Phi) is 3.97. The van der Waals surface area contributed by atoms with Crippen LogP contribution in [0, 0.1) is 0 Å². The molecule has 1 aromatic rings. The van der Waals surface area contributed by atoms with Crippen LogP contribution in [0.2, 0.25) is 5.02 Å². The van der Waals surface area contributed by atoms with Crippen molar-refractivity contribution in [3.8, 4) is 5.75 Å². The molecule has 0 aliphatic carbocycles. The molecule has 18 heavy (non-hydrogen) atoms. The predicted molar refractivity (Wildman–Crippen MR) is 74.2 cm³/mol. The lowest BCUT2D eigenvalue weighted by atomic mass is 10.0. The number of hydrogen-bond donors (Lipinski definition) is 1. The largest absolute Gasteiger partial charge is 0.496 e. The van der Waals surface area contributed by atoms with E-state index in [2.05, 4.69) is 16.8 Å². The summed E-state index contributed by atoms with van der Waals surface area (Å²) in [7, 11) is 1.65. The standard InChI is InChI=1S/C13H18ClN3O/c1-3-7-17-10(8-16-13(17)15)12-9(14)5-4-6-11(12)18-2/h4-6,10H,3,7-8H2,1-2H3,(H2,15,16). The first-order chi connectivity index (χ1) is 8.69. The number of methoxy groups -OCH3 is 1. The molecule has 1 unspecified atom stereocenters. The fourth-order valence-electron chi connectivity index (χ4n) is 2.31. The van der Waals surface area contributed by atoms with Gasteiger partial charge in [0.15, 0.2) is 5.96 Å². The lowest BCUT2D eigenvalue weighted by Crippen LogP contribution is -2.36. The molecule has 98 valence electrons. The molecular formula is C13H18ClN3O. The van der Waals surface area contributed by atoms with Crippen molar-refractivity contribution < 1.29 is 4.74 Å². The summed E-state index contributed by atoms with van der Waals surface area (Å²) in [6.45, 7) is 3.62. The number of rotatable bonds is 4. The van der Waals surface area contributed by atoms with Crippen LogP contribution in [0.25, 0.3) is 0 Å². The van der Waals surface area contributed by atoms with E-state index in [1.807, 2.05) is 18.2 Å². The minimum Gasteiger partial charge on any atom is -0.496 e. The summed E-state index contributed by atoms with van der Waals surface area (Å²) >= 11 is 6.30. The maximum atomic E-state index is 6.30. The number of hydrogen-bond acceptors (Lipinski definition) is 4. The van der Waals surface area contributed by atoms with Crippen LogP contribution in [-0.4, -0.2) is 31.1 Å².